The summed E-state index contributed by atoms with van der Waals surface area (Å²) in [5, 5.41) is 10.0. The molecular weight excluding hydrogens is 520 g/mol. The van der Waals surface area contributed by atoms with Gasteiger partial charge in [0.1, 0.15) is 18.9 Å². The van der Waals surface area contributed by atoms with Gasteiger partial charge >= 0.3 is 29.2 Å². The third-order valence-electron chi connectivity index (χ3n) is 3.77. The third kappa shape index (κ3) is 6.22. The van der Waals surface area contributed by atoms with E-state index in [1.54, 1.807) is 0 Å². The number of hydrogen-bond donors (Lipinski definition) is 6. The number of hydrogen-bond acceptors (Lipinski definition) is 11. The lowest BCUT2D eigenvalue weighted by atomic mass is 9.97. The van der Waals surface area contributed by atoms with E-state index in [2.05, 4.69) is 18.1 Å². The standard InChI is InChI=1S/C10H15F3N3O13P3/c11-3-10(13)6(17)5(27-8(10)16-1-4(12)7(14)15-9(16)18)2-26-31(22,23)29-32(24,25)28-30(19,20)21/h1,5-6,8,17H,2-3H2,(H,22,23)(H,24,25)(H2,14,15,18)(H2,19,20,21)/t5-,6?,8-,10-/m1/s1. The Bertz CT molecular complexity index is 1070. The van der Waals surface area contributed by atoms with Crippen molar-refractivity contribution in [1.82, 2.24) is 9.55 Å². The number of aliphatic hydroxyl groups is 1. The maximum absolute atomic E-state index is 15.0. The highest BCUT2D eigenvalue weighted by Crippen LogP contribution is 2.66. The van der Waals surface area contributed by atoms with Gasteiger partial charge in [0.25, 0.3) is 0 Å². The van der Waals surface area contributed by atoms with E-state index in [0.29, 0.717) is 6.20 Å². The summed E-state index contributed by atoms with van der Waals surface area (Å²) >= 11 is 0. The van der Waals surface area contributed by atoms with Crippen molar-refractivity contribution in [2.45, 2.75) is 24.1 Å². The van der Waals surface area contributed by atoms with Crippen molar-refractivity contribution in [1.29, 1.82) is 0 Å². The van der Waals surface area contributed by atoms with Crippen molar-refractivity contribution in [2.24, 2.45) is 0 Å². The molecule has 1 aliphatic heterocycles. The summed E-state index contributed by atoms with van der Waals surface area (Å²) in [6.07, 6.45) is -6.64. The molecular formula is C10H15F3N3O13P3. The predicted octanol–water partition coefficient (Wildman–Crippen LogP) is -0.756. The average Bonchev–Trinajstić information content (AvgIpc) is 2.85. The van der Waals surface area contributed by atoms with E-state index in [4.69, 9.17) is 25.2 Å². The van der Waals surface area contributed by atoms with Gasteiger partial charge in [-0.25, -0.2) is 31.7 Å². The first-order valence-corrected chi connectivity index (χ1v) is 12.3. The molecule has 22 heteroatoms. The number of nitrogens with zero attached hydrogens (tertiary/aromatic N) is 2. The molecule has 0 saturated carbocycles. The third-order valence-corrected chi connectivity index (χ3v) is 7.57. The number of aliphatic hydroxyl groups excluding tert-OH is 1. The Labute approximate surface area is 174 Å². The quantitative estimate of drug-likeness (QED) is 0.213. The Morgan fingerprint density at radius 2 is 1.81 bits per heavy atom. The smallest absolute Gasteiger partial charge is 0.387 e. The van der Waals surface area contributed by atoms with E-state index in [1.165, 1.54) is 0 Å². The number of nitrogens with two attached hydrogens (primary N) is 1. The van der Waals surface area contributed by atoms with Crippen LogP contribution in [0.5, 0.6) is 0 Å². The molecule has 1 aromatic rings. The molecule has 2 heterocycles. The molecule has 2 rings (SSSR count). The lowest BCUT2D eigenvalue weighted by molar-refractivity contribution is -0.0734. The summed E-state index contributed by atoms with van der Waals surface area (Å²) in [6.45, 7) is -3.38. The summed E-state index contributed by atoms with van der Waals surface area (Å²) in [7, 11) is -17.2. The number of phosphoric acid groups is 3. The largest absolute Gasteiger partial charge is 0.490 e. The van der Waals surface area contributed by atoms with Crippen molar-refractivity contribution in [3.8, 4) is 0 Å². The first-order chi connectivity index (χ1) is 14.4. The van der Waals surface area contributed by atoms with Gasteiger partial charge in [-0.1, -0.05) is 0 Å². The van der Waals surface area contributed by atoms with E-state index >= 15 is 4.39 Å². The Kier molecular flexibility index (Phi) is 7.79. The van der Waals surface area contributed by atoms with Gasteiger partial charge in [-0.05, 0) is 0 Å². The van der Waals surface area contributed by atoms with Crippen molar-refractivity contribution >= 4 is 29.3 Å². The second-order valence-corrected chi connectivity index (χ2v) is 10.5. The first kappa shape index (κ1) is 27.0. The van der Waals surface area contributed by atoms with Gasteiger partial charge in [-0.2, -0.15) is 13.6 Å². The van der Waals surface area contributed by atoms with Crippen molar-refractivity contribution in [3.05, 3.63) is 22.5 Å². The molecule has 1 fully saturated rings. The summed E-state index contributed by atoms with van der Waals surface area (Å²) in [6, 6.07) is 0. The number of rotatable bonds is 9. The molecule has 32 heavy (non-hydrogen) atoms. The van der Waals surface area contributed by atoms with Gasteiger partial charge in [-0.15, -0.1) is 0 Å². The fourth-order valence-electron chi connectivity index (χ4n) is 2.48. The molecule has 0 bridgehead atoms. The number of anilines is 1. The first-order valence-electron chi connectivity index (χ1n) is 7.82. The molecule has 0 spiro atoms. The van der Waals surface area contributed by atoms with E-state index in [0.717, 1.165) is 0 Å². The van der Waals surface area contributed by atoms with Gasteiger partial charge in [0, 0.05) is 0 Å². The molecule has 7 N–H and O–H groups in total. The Morgan fingerprint density at radius 1 is 1.22 bits per heavy atom. The summed E-state index contributed by atoms with van der Waals surface area (Å²) in [4.78, 5) is 50.2. The number of phosphoric ester groups is 1. The van der Waals surface area contributed by atoms with Crippen LogP contribution in [0.2, 0.25) is 0 Å². The molecule has 0 aliphatic carbocycles. The zero-order valence-corrected chi connectivity index (χ0v) is 17.9. The van der Waals surface area contributed by atoms with E-state index in [-0.39, 0.29) is 4.57 Å². The summed E-state index contributed by atoms with van der Waals surface area (Å²) < 4.78 is 91.7. The second kappa shape index (κ2) is 9.21. The molecule has 6 atom stereocenters. The Balaban J connectivity index is 2.21. The van der Waals surface area contributed by atoms with Gasteiger partial charge in [-0.3, -0.25) is 9.09 Å². The number of aromatic nitrogens is 2. The average molecular weight is 535 g/mol. The fourth-order valence-corrected chi connectivity index (χ4v) is 5.51. The highest BCUT2D eigenvalue weighted by molar-refractivity contribution is 7.66. The Morgan fingerprint density at radius 3 is 2.34 bits per heavy atom. The van der Waals surface area contributed by atoms with Crippen LogP contribution >= 0.6 is 23.5 Å². The van der Waals surface area contributed by atoms with Crippen LogP contribution in [0.4, 0.5) is 19.0 Å². The van der Waals surface area contributed by atoms with Gasteiger partial charge < -0.3 is 35.2 Å². The maximum atomic E-state index is 15.0. The van der Waals surface area contributed by atoms with Crippen LogP contribution in [0.15, 0.2) is 11.0 Å². The van der Waals surface area contributed by atoms with Crippen LogP contribution < -0.4 is 11.4 Å². The molecule has 0 radical (unpaired) electrons. The number of alkyl halides is 2. The molecule has 1 saturated heterocycles. The van der Waals surface area contributed by atoms with Crippen LogP contribution in [0.3, 0.4) is 0 Å². The van der Waals surface area contributed by atoms with Crippen LogP contribution in [0.25, 0.3) is 0 Å². The predicted molar refractivity (Wildman–Crippen MR) is 92.4 cm³/mol. The zero-order chi connectivity index (χ0) is 24.7. The monoisotopic (exact) mass is 535 g/mol. The molecule has 0 amide bonds. The minimum absolute atomic E-state index is 0.110. The normalized spacial score (nSPS) is 30.1. The SMILES string of the molecule is Nc1nc(=O)n([C@@H]2O[C@H](COP(=O)(O)OP(=O)(O)OP(=O)(O)O)C(O)[C@]2(F)CF)cc1F. The van der Waals surface area contributed by atoms with Gasteiger partial charge in [0.15, 0.2) is 17.9 Å². The topological polar surface area (TPSA) is 250 Å². The molecule has 0 aromatic carbocycles. The highest BCUT2D eigenvalue weighted by Gasteiger charge is 2.59. The van der Waals surface area contributed by atoms with Gasteiger partial charge in [0.05, 0.1) is 12.8 Å². The van der Waals surface area contributed by atoms with E-state index in [1.807, 2.05) is 0 Å². The zero-order valence-electron chi connectivity index (χ0n) is 15.2. The minimum Gasteiger partial charge on any atom is -0.387 e. The molecule has 1 aliphatic rings. The lowest BCUT2D eigenvalue weighted by Crippen LogP contribution is -2.47. The molecule has 16 nitrogen and oxygen atoms in total. The lowest BCUT2D eigenvalue weighted by Gasteiger charge is -2.26. The van der Waals surface area contributed by atoms with Crippen LogP contribution in [-0.4, -0.2) is 65.4 Å². The van der Waals surface area contributed by atoms with E-state index < -0.39 is 78.2 Å². The fraction of sp³-hybridized carbons (Fsp3) is 0.600. The number of ether oxygens (including phenoxy) is 1. The van der Waals surface area contributed by atoms with Crippen LogP contribution in [0.1, 0.15) is 6.23 Å². The Hall–Kier alpha value is -1.20. The minimum atomic E-state index is -5.87. The summed E-state index contributed by atoms with van der Waals surface area (Å²) in [5.74, 6) is -2.21. The number of nitrogen functional groups attached to an aromatic ring is 1. The maximum Gasteiger partial charge on any atom is 0.490 e. The van der Waals surface area contributed by atoms with Crippen LogP contribution in [0, 0.1) is 5.82 Å². The highest BCUT2D eigenvalue weighted by atomic mass is 31.3. The molecule has 184 valence electrons. The molecule has 1 aromatic heterocycles. The summed E-state index contributed by atoms with van der Waals surface area (Å²) in [5.41, 5.74) is 0.230. The van der Waals surface area contributed by atoms with E-state index in [9.17, 15) is 37.3 Å². The van der Waals surface area contributed by atoms with Crippen molar-refractivity contribution in [3.63, 3.8) is 0 Å². The van der Waals surface area contributed by atoms with Gasteiger partial charge in [0.2, 0.25) is 5.67 Å². The molecule has 3 unspecified atom stereocenters. The second-order valence-electron chi connectivity index (χ2n) is 6.08. The van der Waals surface area contributed by atoms with Crippen LogP contribution in [-0.2, 0) is 31.6 Å². The van der Waals surface area contributed by atoms with Crippen molar-refractivity contribution in [2.75, 3.05) is 19.0 Å². The number of halogens is 3. The van der Waals surface area contributed by atoms with Crippen molar-refractivity contribution < 1.29 is 69.4 Å².